The van der Waals surface area contributed by atoms with Gasteiger partial charge in [-0.25, -0.2) is 5.43 Å². The lowest BCUT2D eigenvalue weighted by Gasteiger charge is -2.07. The van der Waals surface area contributed by atoms with E-state index < -0.39 is 0 Å². The number of benzene rings is 3. The standard InChI is InChI=1S/C28H25N5O2/c1-18-7-9-20(10-8-18)17-35-22-13-11-21(12-14-22)26-15-27(32-31-26)28(34)33-29-16-24-19(2)30-25-6-4-3-5-23(24)25/h3-16,30H,17H2,1-2H3,(H,31,32)(H,33,34)/b29-16-. The van der Waals surface area contributed by atoms with Gasteiger partial charge in [0.25, 0.3) is 5.91 Å². The molecule has 0 aliphatic rings. The molecule has 2 heterocycles. The van der Waals surface area contributed by atoms with Gasteiger partial charge in [-0.05, 0) is 55.8 Å². The van der Waals surface area contributed by atoms with Crippen LogP contribution >= 0.6 is 0 Å². The molecule has 5 aromatic rings. The van der Waals surface area contributed by atoms with Gasteiger partial charge in [0.15, 0.2) is 0 Å². The van der Waals surface area contributed by atoms with Crippen LogP contribution in [0.1, 0.15) is 32.9 Å². The van der Waals surface area contributed by atoms with Gasteiger partial charge < -0.3 is 9.72 Å². The number of hydrazone groups is 1. The van der Waals surface area contributed by atoms with Crippen LogP contribution in [0.5, 0.6) is 5.75 Å². The van der Waals surface area contributed by atoms with Crippen LogP contribution in [0.4, 0.5) is 0 Å². The first-order valence-corrected chi connectivity index (χ1v) is 11.3. The molecule has 0 saturated heterocycles. The number of para-hydroxylation sites is 1. The molecule has 0 radical (unpaired) electrons. The van der Waals surface area contributed by atoms with Crippen molar-refractivity contribution in [2.75, 3.05) is 0 Å². The average molecular weight is 464 g/mol. The number of nitrogens with one attached hydrogen (secondary N) is 3. The number of hydrogen-bond donors (Lipinski definition) is 3. The summed E-state index contributed by atoms with van der Waals surface area (Å²) in [6.07, 6.45) is 1.65. The topological polar surface area (TPSA) is 95.2 Å². The third-order valence-corrected chi connectivity index (χ3v) is 5.80. The summed E-state index contributed by atoms with van der Waals surface area (Å²) < 4.78 is 5.87. The molecule has 3 aromatic carbocycles. The van der Waals surface area contributed by atoms with E-state index in [9.17, 15) is 4.79 Å². The van der Waals surface area contributed by atoms with Crippen molar-refractivity contribution in [3.05, 3.63) is 107 Å². The number of rotatable bonds is 7. The van der Waals surface area contributed by atoms with E-state index in [1.807, 2.05) is 55.5 Å². The predicted molar refractivity (Wildman–Crippen MR) is 138 cm³/mol. The van der Waals surface area contributed by atoms with Crippen molar-refractivity contribution in [3.8, 4) is 17.0 Å². The third kappa shape index (κ3) is 4.99. The van der Waals surface area contributed by atoms with E-state index >= 15 is 0 Å². The Balaban J connectivity index is 1.20. The zero-order valence-electron chi connectivity index (χ0n) is 19.5. The zero-order chi connectivity index (χ0) is 24.2. The highest BCUT2D eigenvalue weighted by Gasteiger charge is 2.11. The molecule has 0 unspecified atom stereocenters. The first-order chi connectivity index (χ1) is 17.1. The molecule has 1 amide bonds. The number of H-pyrrole nitrogens is 2. The van der Waals surface area contributed by atoms with Gasteiger partial charge >= 0.3 is 0 Å². The van der Waals surface area contributed by atoms with Crippen LogP contribution in [0.3, 0.4) is 0 Å². The fourth-order valence-corrected chi connectivity index (χ4v) is 3.84. The number of aromatic amines is 2. The molecule has 174 valence electrons. The van der Waals surface area contributed by atoms with E-state index in [1.165, 1.54) is 5.56 Å². The van der Waals surface area contributed by atoms with Gasteiger partial charge in [0.1, 0.15) is 18.1 Å². The van der Waals surface area contributed by atoms with Gasteiger partial charge in [-0.1, -0.05) is 48.0 Å². The summed E-state index contributed by atoms with van der Waals surface area (Å²) in [5.41, 5.74) is 9.73. The molecule has 0 bridgehead atoms. The molecule has 5 rings (SSSR count). The highest BCUT2D eigenvalue weighted by molar-refractivity contribution is 6.01. The molecule has 3 N–H and O–H groups in total. The fourth-order valence-electron chi connectivity index (χ4n) is 3.84. The molecule has 7 heteroatoms. The molecule has 0 aliphatic heterocycles. The molecule has 2 aromatic heterocycles. The van der Waals surface area contributed by atoms with Crippen molar-refractivity contribution in [1.29, 1.82) is 0 Å². The molecule has 7 nitrogen and oxygen atoms in total. The minimum Gasteiger partial charge on any atom is -0.489 e. The van der Waals surface area contributed by atoms with Gasteiger partial charge in [0.2, 0.25) is 0 Å². The maximum Gasteiger partial charge on any atom is 0.289 e. The minimum atomic E-state index is -0.365. The number of carbonyl (C=O) groups excluding carboxylic acids is 1. The van der Waals surface area contributed by atoms with Crippen LogP contribution in [0.25, 0.3) is 22.2 Å². The monoisotopic (exact) mass is 463 g/mol. The smallest absolute Gasteiger partial charge is 0.289 e. The van der Waals surface area contributed by atoms with E-state index in [0.717, 1.165) is 39.0 Å². The second-order valence-corrected chi connectivity index (χ2v) is 8.37. The summed E-state index contributed by atoms with van der Waals surface area (Å²) in [6, 6.07) is 25.6. The lowest BCUT2D eigenvalue weighted by Crippen LogP contribution is -2.18. The Labute approximate surface area is 202 Å². The highest BCUT2D eigenvalue weighted by Crippen LogP contribution is 2.22. The molecule has 0 saturated carbocycles. The number of fused-ring (bicyclic) bond motifs is 1. The molecular weight excluding hydrogens is 438 g/mol. The minimum absolute atomic E-state index is 0.326. The van der Waals surface area contributed by atoms with E-state index in [2.05, 4.69) is 56.9 Å². The zero-order valence-corrected chi connectivity index (χ0v) is 19.5. The predicted octanol–water partition coefficient (Wildman–Crippen LogP) is 5.52. The van der Waals surface area contributed by atoms with E-state index in [0.29, 0.717) is 18.0 Å². The summed E-state index contributed by atoms with van der Waals surface area (Å²) in [7, 11) is 0. The Morgan fingerprint density at radius 3 is 2.60 bits per heavy atom. The van der Waals surface area contributed by atoms with Crippen molar-refractivity contribution in [1.82, 2.24) is 20.6 Å². The van der Waals surface area contributed by atoms with Crippen LogP contribution in [-0.4, -0.2) is 27.3 Å². The first kappa shape index (κ1) is 22.2. The highest BCUT2D eigenvalue weighted by atomic mass is 16.5. The maximum absolute atomic E-state index is 12.5. The van der Waals surface area contributed by atoms with Crippen molar-refractivity contribution in [2.45, 2.75) is 20.5 Å². The van der Waals surface area contributed by atoms with Crippen molar-refractivity contribution >= 4 is 23.0 Å². The summed E-state index contributed by atoms with van der Waals surface area (Å²) in [5.74, 6) is 0.403. The van der Waals surface area contributed by atoms with Crippen molar-refractivity contribution < 1.29 is 9.53 Å². The number of aromatic nitrogens is 3. The van der Waals surface area contributed by atoms with E-state index in [-0.39, 0.29) is 5.91 Å². The van der Waals surface area contributed by atoms with Gasteiger partial charge in [0.05, 0.1) is 11.9 Å². The number of hydrogen-bond acceptors (Lipinski definition) is 4. The summed E-state index contributed by atoms with van der Waals surface area (Å²) in [6.45, 7) is 4.54. The second kappa shape index (κ2) is 9.69. The Hall–Kier alpha value is -4.65. The Morgan fingerprint density at radius 1 is 1.03 bits per heavy atom. The largest absolute Gasteiger partial charge is 0.489 e. The van der Waals surface area contributed by atoms with E-state index in [4.69, 9.17) is 4.74 Å². The summed E-state index contributed by atoms with van der Waals surface area (Å²) in [4.78, 5) is 15.8. The van der Waals surface area contributed by atoms with Gasteiger partial charge in [0, 0.05) is 27.7 Å². The number of amides is 1. The Bertz CT molecular complexity index is 1490. The molecule has 0 fully saturated rings. The summed E-state index contributed by atoms with van der Waals surface area (Å²) >= 11 is 0. The number of nitrogens with zero attached hydrogens (tertiary/aromatic N) is 2. The number of carbonyl (C=O) groups is 1. The van der Waals surface area contributed by atoms with Crippen LogP contribution in [-0.2, 0) is 6.61 Å². The Morgan fingerprint density at radius 2 is 1.80 bits per heavy atom. The maximum atomic E-state index is 12.5. The lowest BCUT2D eigenvalue weighted by molar-refractivity contribution is 0.0950. The van der Waals surface area contributed by atoms with Crippen LogP contribution in [0, 0.1) is 13.8 Å². The van der Waals surface area contributed by atoms with Crippen LogP contribution in [0.15, 0.2) is 84.0 Å². The molecular formula is C28H25N5O2. The van der Waals surface area contributed by atoms with E-state index in [1.54, 1.807) is 12.3 Å². The quantitative estimate of drug-likeness (QED) is 0.219. The van der Waals surface area contributed by atoms with Gasteiger partial charge in [-0.15, -0.1) is 0 Å². The Kier molecular flexibility index (Phi) is 6.13. The normalized spacial score (nSPS) is 11.3. The fraction of sp³-hybridized carbons (Fsp3) is 0.107. The molecule has 0 aliphatic carbocycles. The first-order valence-electron chi connectivity index (χ1n) is 11.3. The van der Waals surface area contributed by atoms with Crippen molar-refractivity contribution in [2.24, 2.45) is 5.10 Å². The molecule has 35 heavy (non-hydrogen) atoms. The molecule has 0 spiro atoms. The average Bonchev–Trinajstić information content (AvgIpc) is 3.49. The lowest BCUT2D eigenvalue weighted by atomic mass is 10.1. The van der Waals surface area contributed by atoms with Crippen LogP contribution < -0.4 is 10.2 Å². The third-order valence-electron chi connectivity index (χ3n) is 5.80. The molecule has 0 atom stereocenters. The number of ether oxygens (including phenoxy) is 1. The van der Waals surface area contributed by atoms with Crippen molar-refractivity contribution in [3.63, 3.8) is 0 Å². The number of aryl methyl sites for hydroxylation is 2. The SMILES string of the molecule is Cc1ccc(COc2ccc(-c3cc(C(=O)N/N=C\c4c(C)[nH]c5ccccc45)[nH]n3)cc2)cc1. The second-order valence-electron chi connectivity index (χ2n) is 8.37. The van der Waals surface area contributed by atoms with Gasteiger partial charge in [-0.2, -0.15) is 10.2 Å². The van der Waals surface area contributed by atoms with Gasteiger partial charge in [-0.3, -0.25) is 9.89 Å². The van der Waals surface area contributed by atoms with Crippen LogP contribution in [0.2, 0.25) is 0 Å². The summed E-state index contributed by atoms with van der Waals surface area (Å²) in [5, 5.41) is 12.2.